The Hall–Kier alpha value is -8.66. The minimum atomic E-state index is -5.56. The van der Waals surface area contributed by atoms with Crippen molar-refractivity contribution in [2.45, 2.75) is 24.5 Å². The first kappa shape index (κ1) is 63.2. The zero-order valence-electron chi connectivity index (χ0n) is 38.6. The maximum atomic E-state index is 13.0. The lowest BCUT2D eigenvalue weighted by Gasteiger charge is -2.13. The number of hydrogen-bond acceptors (Lipinski definition) is 29. The number of fused-ring (bicyclic) bond motifs is 2. The molecule has 0 radical (unpaired) electrons. The number of halogens is 1. The van der Waals surface area contributed by atoms with Gasteiger partial charge in [0.05, 0.1) is 38.1 Å². The van der Waals surface area contributed by atoms with E-state index >= 15 is 0 Å². The minimum Gasteiger partial charge on any atom is -0.505 e. The Morgan fingerprint density at radius 1 is 0.444 bits per heavy atom. The molecule has 43 heteroatoms. The standard InChI is InChI=1S/C38H25ClN10O19S5.2O3S/c39-24-9-5-19(13-30(24)70(57,58)59)43-41-17-1-3-18(4-2-17)42-48-35-32(72(63,64)65)15-23-21(36(35)50)7-12-27(38(23)73(66,67)68)46-47-28-16-29(69(54,55)56)22-8-11-26(37(51)33(22)34(28)40)45-44-25-10-6-20(49(52)53)14-31(25)71(60,61)62;2*1-4(2)3/h1-16,50-51H,40H2,(H,54,55,56)(H,57,58,59)(H,60,61,62)(H,63,64,65)(H,66,67,68);;. The SMILES string of the molecule is Nc1c(N=Nc2ccc3c(O)c(N=Nc4ccc(N=Nc5ccc(Cl)c(S(=O)(=O)O)c5)cc4)c(S(=O)(=O)O)cc3c2S(=O)(=O)O)cc(S(=O)(=O)O)c2ccc(N=Nc3ccc([N+](=O)[O-])cc3S(=O)(=O)O)c(O)c12.O=S(=O)=O.O=S(=O)=O. The number of non-ortho nitro benzene ring substituents is 1. The third-order valence-electron chi connectivity index (χ3n) is 9.76. The summed E-state index contributed by atoms with van der Waals surface area (Å²) in [7, 11) is -32.3. The van der Waals surface area contributed by atoms with Gasteiger partial charge >= 0.3 is 21.2 Å². The highest BCUT2D eigenvalue weighted by atomic mass is 35.5. The summed E-state index contributed by atoms with van der Waals surface area (Å²) in [6.07, 6.45) is 0. The molecule has 7 aromatic carbocycles. The van der Waals surface area contributed by atoms with Gasteiger partial charge in [-0.25, -0.2) is 0 Å². The summed E-state index contributed by atoms with van der Waals surface area (Å²) in [5.41, 5.74) is 1.09. The molecule has 0 bridgehead atoms. The van der Waals surface area contributed by atoms with Crippen LogP contribution in [-0.2, 0) is 71.8 Å². The van der Waals surface area contributed by atoms with Gasteiger partial charge in [0.2, 0.25) is 0 Å². The highest BCUT2D eigenvalue weighted by molar-refractivity contribution is 7.87. The molecule has 426 valence electrons. The van der Waals surface area contributed by atoms with E-state index in [1.807, 2.05) is 0 Å². The molecule has 0 saturated carbocycles. The number of hydrogen-bond donors (Lipinski definition) is 8. The fraction of sp³-hybridized carbons (Fsp3) is 0. The molecule has 0 aliphatic carbocycles. The van der Waals surface area contributed by atoms with Crippen LogP contribution in [0.3, 0.4) is 0 Å². The molecule has 7 rings (SSSR count). The lowest BCUT2D eigenvalue weighted by atomic mass is 10.1. The number of phenolic OH excluding ortho intramolecular Hbond substituents is 2. The molecule has 0 atom stereocenters. The molecule has 81 heavy (non-hydrogen) atoms. The van der Waals surface area contributed by atoms with Crippen LogP contribution in [-0.4, -0.2) is 105 Å². The maximum Gasteiger partial charge on any atom is 0.425 e. The fourth-order valence-electron chi connectivity index (χ4n) is 6.55. The molecule has 0 aliphatic heterocycles. The van der Waals surface area contributed by atoms with Gasteiger partial charge < -0.3 is 15.9 Å². The van der Waals surface area contributed by atoms with Gasteiger partial charge in [-0.1, -0.05) is 17.7 Å². The van der Waals surface area contributed by atoms with Crippen LogP contribution in [0.4, 0.5) is 56.9 Å². The molecule has 0 fully saturated rings. The number of azo groups is 4. The van der Waals surface area contributed by atoms with Gasteiger partial charge in [-0.15, -0.1) is 50.8 Å². The second kappa shape index (κ2) is 24.4. The van der Waals surface area contributed by atoms with Crippen molar-refractivity contribution in [1.82, 2.24) is 0 Å². The fourth-order valence-corrected chi connectivity index (χ4v) is 10.4. The van der Waals surface area contributed by atoms with Crippen LogP contribution in [0, 0.1) is 10.1 Å². The molecule has 0 amide bonds. The maximum absolute atomic E-state index is 13.0. The third-order valence-corrected chi connectivity index (χ3v) is 14.7. The van der Waals surface area contributed by atoms with Crippen molar-refractivity contribution < 1.29 is 105 Å². The molecular weight excluding hydrogens is 1260 g/mol. The minimum absolute atomic E-state index is 0.0195. The van der Waals surface area contributed by atoms with Gasteiger partial charge in [0.15, 0.2) is 11.5 Å². The van der Waals surface area contributed by atoms with Crippen molar-refractivity contribution in [2.75, 3.05) is 5.73 Å². The Bertz CT molecular complexity index is 4730. The summed E-state index contributed by atoms with van der Waals surface area (Å²) in [6, 6.07) is 15.3. The summed E-state index contributed by atoms with van der Waals surface area (Å²) < 4.78 is 224. The first-order valence-corrected chi connectivity index (χ1v) is 29.6. The number of anilines is 1. The zero-order valence-corrected chi connectivity index (χ0v) is 45.0. The molecule has 35 nitrogen and oxygen atoms in total. The van der Waals surface area contributed by atoms with Crippen LogP contribution in [0.25, 0.3) is 21.5 Å². The molecule has 0 saturated heterocycles. The van der Waals surface area contributed by atoms with Crippen LogP contribution in [0.15, 0.2) is 162 Å². The molecule has 7 aromatic rings. The van der Waals surface area contributed by atoms with E-state index in [0.717, 1.165) is 48.5 Å². The molecule has 0 spiro atoms. The van der Waals surface area contributed by atoms with E-state index < -0.39 is 174 Å². The third kappa shape index (κ3) is 15.8. The van der Waals surface area contributed by atoms with Gasteiger partial charge in [0.25, 0.3) is 56.3 Å². The number of benzene rings is 7. The van der Waals surface area contributed by atoms with E-state index in [1.165, 1.54) is 30.3 Å². The molecule has 9 N–H and O–H groups in total. The summed E-state index contributed by atoms with van der Waals surface area (Å²) in [5.74, 6) is -2.14. The van der Waals surface area contributed by atoms with Crippen molar-refractivity contribution >= 4 is 162 Å². The van der Waals surface area contributed by atoms with Gasteiger partial charge in [-0.3, -0.25) is 32.9 Å². The number of nitro groups is 1. The number of phenols is 2. The molecule has 0 unspecified atom stereocenters. The average molecular weight is 1280 g/mol. The van der Waals surface area contributed by atoms with E-state index in [0.29, 0.717) is 18.2 Å². The molecule has 0 aliphatic rings. The van der Waals surface area contributed by atoms with E-state index in [2.05, 4.69) is 40.9 Å². The van der Waals surface area contributed by atoms with Crippen LogP contribution in [0.1, 0.15) is 0 Å². The molecule has 0 aromatic heterocycles. The predicted molar refractivity (Wildman–Crippen MR) is 272 cm³/mol. The van der Waals surface area contributed by atoms with Crippen molar-refractivity contribution in [2.24, 2.45) is 40.9 Å². The average Bonchev–Trinajstić information content (AvgIpc) is 3.53. The number of aromatic hydroxyl groups is 2. The van der Waals surface area contributed by atoms with E-state index in [1.54, 1.807) is 0 Å². The Balaban J connectivity index is 0.00000141. The number of nitro benzene ring substituents is 1. The monoisotopic (exact) mass is 1280 g/mol. The van der Waals surface area contributed by atoms with Crippen LogP contribution >= 0.6 is 11.6 Å². The van der Waals surface area contributed by atoms with Crippen molar-refractivity contribution in [3.63, 3.8) is 0 Å². The normalized spacial score (nSPS) is 12.4. The first-order valence-electron chi connectivity index (χ1n) is 20.0. The van der Waals surface area contributed by atoms with Crippen molar-refractivity contribution in [3.05, 3.63) is 112 Å². The zero-order chi connectivity index (χ0) is 60.9. The smallest absolute Gasteiger partial charge is 0.425 e. The lowest BCUT2D eigenvalue weighted by Crippen LogP contribution is -2.03. The predicted octanol–water partition coefficient (Wildman–Crippen LogP) is 7.43. The summed E-state index contributed by atoms with van der Waals surface area (Å²) >= 11 is 5.81. The number of nitrogens with two attached hydrogens (primary N) is 1. The quantitative estimate of drug-likeness (QED) is 0.0172. The lowest BCUT2D eigenvalue weighted by molar-refractivity contribution is -0.385. The topological polar surface area (TPSA) is 583 Å². The van der Waals surface area contributed by atoms with Crippen LogP contribution < -0.4 is 5.73 Å². The van der Waals surface area contributed by atoms with Gasteiger partial charge in [0.1, 0.15) is 52.9 Å². The van der Waals surface area contributed by atoms with Gasteiger partial charge in [0, 0.05) is 28.3 Å². The summed E-state index contributed by atoms with van der Waals surface area (Å²) in [5, 5.41) is 61.1. The van der Waals surface area contributed by atoms with Crippen LogP contribution in [0.2, 0.25) is 5.02 Å². The second-order valence-corrected chi connectivity index (χ2v) is 23.0. The van der Waals surface area contributed by atoms with Crippen LogP contribution in [0.5, 0.6) is 11.5 Å². The highest BCUT2D eigenvalue weighted by Crippen LogP contribution is 2.48. The number of rotatable bonds is 14. The Kier molecular flexibility index (Phi) is 19.0. The largest absolute Gasteiger partial charge is 0.505 e. The highest BCUT2D eigenvalue weighted by Gasteiger charge is 2.29. The molecular formula is C38H25ClN10O25S7. The number of nitrogens with zero attached hydrogens (tertiary/aromatic N) is 9. The van der Waals surface area contributed by atoms with Gasteiger partial charge in [-0.05, 0) is 78.9 Å². The van der Waals surface area contributed by atoms with E-state index in [4.69, 9.17) is 42.6 Å². The second-order valence-electron chi connectivity index (χ2n) is 14.9. The van der Waals surface area contributed by atoms with Gasteiger partial charge in [-0.2, -0.15) is 57.4 Å². The Morgan fingerprint density at radius 2 is 0.889 bits per heavy atom. The first-order chi connectivity index (χ1) is 37.3. The Labute approximate surface area is 459 Å². The summed E-state index contributed by atoms with van der Waals surface area (Å²) in [6.45, 7) is 0. The number of nitrogen functional groups attached to an aromatic ring is 1. The molecule has 0 heterocycles. The summed E-state index contributed by atoms with van der Waals surface area (Å²) in [4.78, 5) is 4.99. The van der Waals surface area contributed by atoms with Crippen molar-refractivity contribution in [3.8, 4) is 11.5 Å². The Morgan fingerprint density at radius 3 is 1.41 bits per heavy atom. The van der Waals surface area contributed by atoms with E-state index in [-0.39, 0.29) is 22.1 Å². The van der Waals surface area contributed by atoms with Crippen molar-refractivity contribution in [1.29, 1.82) is 0 Å². The van der Waals surface area contributed by atoms with E-state index in [9.17, 15) is 85.2 Å².